The number of fused-ring (bicyclic) bond motifs is 2. The lowest BCUT2D eigenvalue weighted by Crippen LogP contribution is -2.49. The molecule has 21 heavy (non-hydrogen) atoms. The van der Waals surface area contributed by atoms with Crippen LogP contribution in [-0.4, -0.2) is 43.0 Å². The van der Waals surface area contributed by atoms with Gasteiger partial charge in [-0.05, 0) is 43.4 Å². The Kier molecular flexibility index (Phi) is 4.69. The van der Waals surface area contributed by atoms with Crippen LogP contribution in [0.2, 0.25) is 0 Å². The predicted molar refractivity (Wildman–Crippen MR) is 80.0 cm³/mol. The van der Waals surface area contributed by atoms with E-state index in [1.54, 1.807) is 0 Å². The van der Waals surface area contributed by atoms with Gasteiger partial charge in [-0.15, -0.1) is 0 Å². The Labute approximate surface area is 126 Å². The predicted octanol–water partition coefficient (Wildman–Crippen LogP) is 1.65. The number of amides is 2. The summed E-state index contributed by atoms with van der Waals surface area (Å²) >= 11 is 0. The molecule has 3 rings (SSSR count). The molecule has 1 saturated heterocycles. The van der Waals surface area contributed by atoms with Crippen LogP contribution in [0.15, 0.2) is 0 Å². The molecule has 2 bridgehead atoms. The van der Waals surface area contributed by atoms with Crippen LogP contribution in [0.5, 0.6) is 0 Å². The maximum absolute atomic E-state index is 11.8. The van der Waals surface area contributed by atoms with Crippen LogP contribution >= 0.6 is 0 Å². The van der Waals surface area contributed by atoms with Gasteiger partial charge in [-0.3, -0.25) is 0 Å². The number of hydrogen-bond acceptors (Lipinski definition) is 3. The number of aliphatic hydroxyl groups is 1. The van der Waals surface area contributed by atoms with Gasteiger partial charge in [0.05, 0.1) is 5.60 Å². The van der Waals surface area contributed by atoms with Gasteiger partial charge in [0.25, 0.3) is 0 Å². The summed E-state index contributed by atoms with van der Waals surface area (Å²) in [4.78, 5) is 11.8. The summed E-state index contributed by atoms with van der Waals surface area (Å²) in [5.74, 6) is 2.71. The molecule has 1 heterocycles. The van der Waals surface area contributed by atoms with Gasteiger partial charge in [-0.2, -0.15) is 0 Å². The average molecular weight is 296 g/mol. The molecule has 0 spiro atoms. The van der Waals surface area contributed by atoms with E-state index in [9.17, 15) is 9.90 Å². The highest BCUT2D eigenvalue weighted by Gasteiger charge is 2.38. The van der Waals surface area contributed by atoms with Crippen molar-refractivity contribution in [3.8, 4) is 0 Å². The fourth-order valence-corrected chi connectivity index (χ4v) is 4.34. The molecule has 2 aliphatic carbocycles. The van der Waals surface area contributed by atoms with Gasteiger partial charge in [-0.1, -0.05) is 6.42 Å². The molecule has 1 aliphatic heterocycles. The first-order valence-electron chi connectivity index (χ1n) is 8.46. The SMILES string of the molecule is O=C(NCCC1CC2CCC1C2)NCC1(O)CCOCC1. The summed E-state index contributed by atoms with van der Waals surface area (Å²) in [6, 6.07) is -0.155. The Hall–Kier alpha value is -0.810. The third kappa shape index (κ3) is 3.89. The molecule has 2 amide bonds. The summed E-state index contributed by atoms with van der Waals surface area (Å²) in [5, 5.41) is 16.0. The van der Waals surface area contributed by atoms with Gasteiger partial charge in [0.2, 0.25) is 0 Å². The van der Waals surface area contributed by atoms with E-state index in [4.69, 9.17) is 4.74 Å². The van der Waals surface area contributed by atoms with Crippen LogP contribution in [0.1, 0.15) is 44.9 Å². The van der Waals surface area contributed by atoms with Crippen molar-refractivity contribution in [1.82, 2.24) is 10.6 Å². The van der Waals surface area contributed by atoms with Gasteiger partial charge < -0.3 is 20.5 Å². The molecule has 3 fully saturated rings. The van der Waals surface area contributed by atoms with Crippen molar-refractivity contribution >= 4 is 6.03 Å². The number of hydrogen-bond donors (Lipinski definition) is 3. The summed E-state index contributed by atoms with van der Waals surface area (Å²) in [6.45, 7) is 2.21. The first kappa shape index (κ1) is 15.1. The normalized spacial score (nSPS) is 33.9. The lowest BCUT2D eigenvalue weighted by atomic mass is 9.86. The van der Waals surface area contributed by atoms with Gasteiger partial charge in [-0.25, -0.2) is 4.79 Å². The minimum atomic E-state index is -0.791. The van der Waals surface area contributed by atoms with Gasteiger partial charge in [0, 0.05) is 39.1 Å². The topological polar surface area (TPSA) is 70.6 Å². The molecule has 120 valence electrons. The summed E-state index contributed by atoms with van der Waals surface area (Å²) in [6.07, 6.45) is 7.91. The van der Waals surface area contributed by atoms with E-state index in [-0.39, 0.29) is 6.03 Å². The molecule has 5 heteroatoms. The Morgan fingerprint density at radius 1 is 1.19 bits per heavy atom. The highest BCUT2D eigenvalue weighted by atomic mass is 16.5. The summed E-state index contributed by atoms with van der Waals surface area (Å²) < 4.78 is 5.23. The Bertz CT molecular complexity index is 369. The molecule has 3 unspecified atom stereocenters. The van der Waals surface area contributed by atoms with E-state index in [0.717, 1.165) is 30.7 Å². The van der Waals surface area contributed by atoms with Crippen molar-refractivity contribution in [3.63, 3.8) is 0 Å². The Morgan fingerprint density at radius 3 is 2.67 bits per heavy atom. The van der Waals surface area contributed by atoms with Crippen molar-refractivity contribution < 1.29 is 14.6 Å². The fraction of sp³-hybridized carbons (Fsp3) is 0.938. The van der Waals surface area contributed by atoms with Crippen LogP contribution in [0.4, 0.5) is 4.79 Å². The first-order valence-corrected chi connectivity index (χ1v) is 8.46. The van der Waals surface area contributed by atoms with Crippen LogP contribution in [0.3, 0.4) is 0 Å². The van der Waals surface area contributed by atoms with Crippen LogP contribution < -0.4 is 10.6 Å². The number of nitrogens with one attached hydrogen (secondary N) is 2. The first-order chi connectivity index (χ1) is 10.1. The number of urea groups is 1. The average Bonchev–Trinajstić information content (AvgIpc) is 3.09. The van der Waals surface area contributed by atoms with E-state index < -0.39 is 5.60 Å². The molecule has 0 aromatic carbocycles. The summed E-state index contributed by atoms with van der Waals surface area (Å²) in [5.41, 5.74) is -0.791. The van der Waals surface area contributed by atoms with E-state index >= 15 is 0 Å². The molecule has 5 nitrogen and oxygen atoms in total. The van der Waals surface area contributed by atoms with Crippen molar-refractivity contribution in [1.29, 1.82) is 0 Å². The Balaban J connectivity index is 1.29. The zero-order valence-corrected chi connectivity index (χ0v) is 12.8. The number of ether oxygens (including phenoxy) is 1. The molecule has 3 atom stereocenters. The van der Waals surface area contributed by atoms with Crippen LogP contribution in [-0.2, 0) is 4.74 Å². The molecule has 0 aromatic heterocycles. The second-order valence-corrected chi connectivity index (χ2v) is 7.17. The molecular formula is C16H28N2O3. The highest BCUT2D eigenvalue weighted by Crippen LogP contribution is 2.49. The Morgan fingerprint density at radius 2 is 2.00 bits per heavy atom. The van der Waals surface area contributed by atoms with Crippen molar-refractivity contribution in [3.05, 3.63) is 0 Å². The second kappa shape index (κ2) is 6.53. The van der Waals surface area contributed by atoms with Crippen molar-refractivity contribution in [2.24, 2.45) is 17.8 Å². The molecule has 3 N–H and O–H groups in total. The molecule has 0 radical (unpaired) electrons. The van der Waals surface area contributed by atoms with E-state index in [2.05, 4.69) is 10.6 Å². The number of carbonyl (C=O) groups excluding carboxylic acids is 1. The van der Waals surface area contributed by atoms with Gasteiger partial charge in [0.15, 0.2) is 0 Å². The van der Waals surface area contributed by atoms with Gasteiger partial charge >= 0.3 is 6.03 Å². The number of rotatable bonds is 5. The largest absolute Gasteiger partial charge is 0.388 e. The maximum Gasteiger partial charge on any atom is 0.314 e. The minimum Gasteiger partial charge on any atom is -0.388 e. The second-order valence-electron chi connectivity index (χ2n) is 7.17. The molecule has 2 saturated carbocycles. The quantitative estimate of drug-likeness (QED) is 0.722. The monoisotopic (exact) mass is 296 g/mol. The third-order valence-electron chi connectivity index (χ3n) is 5.69. The zero-order chi connectivity index (χ0) is 14.7. The minimum absolute atomic E-state index is 0.155. The van der Waals surface area contributed by atoms with Crippen LogP contribution in [0, 0.1) is 17.8 Å². The van der Waals surface area contributed by atoms with Crippen LogP contribution in [0.25, 0.3) is 0 Å². The maximum atomic E-state index is 11.8. The lowest BCUT2D eigenvalue weighted by molar-refractivity contribution is -0.0600. The van der Waals surface area contributed by atoms with E-state index in [1.807, 2.05) is 0 Å². The molecule has 3 aliphatic rings. The zero-order valence-electron chi connectivity index (χ0n) is 12.8. The van der Waals surface area contributed by atoms with Crippen molar-refractivity contribution in [2.75, 3.05) is 26.3 Å². The summed E-state index contributed by atoms with van der Waals surface area (Å²) in [7, 11) is 0. The smallest absolute Gasteiger partial charge is 0.314 e. The molecular weight excluding hydrogens is 268 g/mol. The highest BCUT2D eigenvalue weighted by molar-refractivity contribution is 5.73. The third-order valence-corrected chi connectivity index (χ3v) is 5.69. The van der Waals surface area contributed by atoms with E-state index in [0.29, 0.717) is 32.6 Å². The fourth-order valence-electron chi connectivity index (χ4n) is 4.34. The van der Waals surface area contributed by atoms with Gasteiger partial charge in [0.1, 0.15) is 0 Å². The lowest BCUT2D eigenvalue weighted by Gasteiger charge is -2.32. The van der Waals surface area contributed by atoms with Crippen molar-refractivity contribution in [2.45, 2.75) is 50.5 Å². The standard InChI is InChI=1S/C16H28N2O3/c19-15(18-11-16(20)4-7-21-8-5-16)17-6-3-14-10-12-1-2-13(14)9-12/h12-14,20H,1-11H2,(H2,17,18,19). The molecule has 0 aromatic rings. The number of carbonyl (C=O) groups is 1. The van der Waals surface area contributed by atoms with E-state index in [1.165, 1.54) is 25.7 Å².